The second-order valence-electron chi connectivity index (χ2n) is 6.15. The number of hydrogen-bond donors (Lipinski definition) is 1. The molecule has 0 radical (unpaired) electrons. The van der Waals surface area contributed by atoms with Crippen LogP contribution >= 0.6 is 0 Å². The molecule has 5 nitrogen and oxygen atoms in total. The van der Waals surface area contributed by atoms with Crippen molar-refractivity contribution in [3.05, 3.63) is 54.1 Å². The highest BCUT2D eigenvalue weighted by molar-refractivity contribution is 7.89. The number of benzene rings is 2. The molecule has 1 aliphatic heterocycles. The molecule has 2 aliphatic rings. The lowest BCUT2D eigenvalue weighted by Crippen LogP contribution is -2.30. The fraction of sp³-hybridized carbons (Fsp3) is 0.333. The third kappa shape index (κ3) is 3.12. The molecule has 2 aromatic rings. The predicted octanol–water partition coefficient (Wildman–Crippen LogP) is 2.89. The Morgan fingerprint density at radius 3 is 2.38 bits per heavy atom. The van der Waals surface area contributed by atoms with Crippen molar-refractivity contribution >= 4 is 10.0 Å². The Balaban J connectivity index is 1.62. The molecule has 4 rings (SSSR count). The molecule has 1 saturated carbocycles. The van der Waals surface area contributed by atoms with Crippen LogP contribution in [0.2, 0.25) is 0 Å². The molecular weight excluding hydrogens is 326 g/mol. The summed E-state index contributed by atoms with van der Waals surface area (Å²) in [5, 5.41) is 0. The second kappa shape index (κ2) is 6.11. The van der Waals surface area contributed by atoms with Gasteiger partial charge in [-0.05, 0) is 36.5 Å². The van der Waals surface area contributed by atoms with Crippen LogP contribution in [0.3, 0.4) is 0 Å². The summed E-state index contributed by atoms with van der Waals surface area (Å²) in [7, 11) is -3.63. The van der Waals surface area contributed by atoms with E-state index in [1.54, 1.807) is 12.1 Å². The van der Waals surface area contributed by atoms with E-state index in [1.807, 2.05) is 30.3 Å². The third-order valence-electron chi connectivity index (χ3n) is 4.36. The Bertz CT molecular complexity index is 831. The molecule has 0 unspecified atom stereocenters. The van der Waals surface area contributed by atoms with Gasteiger partial charge in [-0.3, -0.25) is 0 Å². The molecule has 126 valence electrons. The first-order valence-corrected chi connectivity index (χ1v) is 9.59. The van der Waals surface area contributed by atoms with Gasteiger partial charge in [0.05, 0.1) is 4.90 Å². The molecule has 1 aliphatic carbocycles. The van der Waals surface area contributed by atoms with Crippen molar-refractivity contribution in [1.82, 2.24) is 4.72 Å². The summed E-state index contributed by atoms with van der Waals surface area (Å²) in [6.45, 7) is 0.910. The smallest absolute Gasteiger partial charge is 0.241 e. The van der Waals surface area contributed by atoms with E-state index in [2.05, 4.69) is 4.72 Å². The maximum atomic E-state index is 12.8. The number of rotatable bonds is 5. The first-order chi connectivity index (χ1) is 11.6. The van der Waals surface area contributed by atoms with Crippen LogP contribution in [0.5, 0.6) is 11.5 Å². The molecule has 0 amide bonds. The van der Waals surface area contributed by atoms with Crippen LogP contribution in [-0.2, 0) is 10.0 Å². The predicted molar refractivity (Wildman–Crippen MR) is 89.7 cm³/mol. The fourth-order valence-corrected chi connectivity index (χ4v) is 4.26. The normalized spacial score (nSPS) is 18.2. The average Bonchev–Trinajstić information content (AvgIpc) is 3.45. The molecule has 2 aromatic carbocycles. The van der Waals surface area contributed by atoms with E-state index in [1.165, 1.54) is 6.07 Å². The first kappa shape index (κ1) is 15.5. The van der Waals surface area contributed by atoms with Crippen LogP contribution in [0.4, 0.5) is 0 Å². The van der Waals surface area contributed by atoms with E-state index in [0.29, 0.717) is 30.6 Å². The van der Waals surface area contributed by atoms with Gasteiger partial charge in [0.15, 0.2) is 11.5 Å². The maximum Gasteiger partial charge on any atom is 0.241 e. The van der Waals surface area contributed by atoms with E-state index in [4.69, 9.17) is 9.47 Å². The summed E-state index contributed by atoms with van der Waals surface area (Å²) in [5.74, 6) is 1.42. The number of nitrogens with one attached hydrogen (secondary N) is 1. The molecular formula is C18H19NO4S. The SMILES string of the molecule is O=S(=O)(N[C@H](c1ccccc1)C1CC1)c1ccc2c(c1)OCCO2. The summed E-state index contributed by atoms with van der Waals surface area (Å²) in [5.41, 5.74) is 1.00. The first-order valence-electron chi connectivity index (χ1n) is 8.10. The van der Waals surface area contributed by atoms with Gasteiger partial charge in [-0.15, -0.1) is 0 Å². The van der Waals surface area contributed by atoms with E-state index < -0.39 is 10.0 Å². The van der Waals surface area contributed by atoms with Gasteiger partial charge in [-0.2, -0.15) is 0 Å². The summed E-state index contributed by atoms with van der Waals surface area (Å²) >= 11 is 0. The van der Waals surface area contributed by atoms with E-state index in [9.17, 15) is 8.42 Å². The van der Waals surface area contributed by atoms with Gasteiger partial charge in [0, 0.05) is 12.1 Å². The zero-order valence-electron chi connectivity index (χ0n) is 13.1. The molecule has 0 bridgehead atoms. The van der Waals surface area contributed by atoms with Gasteiger partial charge >= 0.3 is 0 Å². The monoisotopic (exact) mass is 345 g/mol. The number of sulfonamides is 1. The van der Waals surface area contributed by atoms with Crippen molar-refractivity contribution in [2.24, 2.45) is 5.92 Å². The quantitative estimate of drug-likeness (QED) is 0.905. The lowest BCUT2D eigenvalue weighted by atomic mass is 10.0. The minimum absolute atomic E-state index is 0.190. The molecule has 1 atom stereocenters. The lowest BCUT2D eigenvalue weighted by molar-refractivity contribution is 0.171. The Morgan fingerprint density at radius 1 is 0.958 bits per heavy atom. The molecule has 24 heavy (non-hydrogen) atoms. The molecule has 1 fully saturated rings. The average molecular weight is 345 g/mol. The molecule has 1 heterocycles. The van der Waals surface area contributed by atoms with Gasteiger partial charge in [0.25, 0.3) is 0 Å². The maximum absolute atomic E-state index is 12.8. The Morgan fingerprint density at radius 2 is 1.67 bits per heavy atom. The van der Waals surface area contributed by atoms with Gasteiger partial charge in [-0.1, -0.05) is 30.3 Å². The van der Waals surface area contributed by atoms with Crippen molar-refractivity contribution in [3.63, 3.8) is 0 Å². The van der Waals surface area contributed by atoms with Crippen molar-refractivity contribution in [3.8, 4) is 11.5 Å². The highest BCUT2D eigenvalue weighted by atomic mass is 32.2. The Labute approximate surface area is 141 Å². The van der Waals surface area contributed by atoms with Crippen LogP contribution in [0.25, 0.3) is 0 Å². The van der Waals surface area contributed by atoms with Crippen LogP contribution in [0.15, 0.2) is 53.4 Å². The fourth-order valence-electron chi connectivity index (χ4n) is 2.95. The van der Waals surface area contributed by atoms with Crippen LogP contribution in [0.1, 0.15) is 24.4 Å². The van der Waals surface area contributed by atoms with E-state index in [-0.39, 0.29) is 10.9 Å². The van der Waals surface area contributed by atoms with Gasteiger partial charge < -0.3 is 9.47 Å². The van der Waals surface area contributed by atoms with E-state index in [0.717, 1.165) is 18.4 Å². The molecule has 0 spiro atoms. The van der Waals surface area contributed by atoms with Gasteiger partial charge in [0.2, 0.25) is 10.0 Å². The highest BCUT2D eigenvalue weighted by Crippen LogP contribution is 2.42. The molecule has 6 heteroatoms. The van der Waals surface area contributed by atoms with Crippen molar-refractivity contribution in [1.29, 1.82) is 0 Å². The molecule has 1 N–H and O–H groups in total. The Kier molecular flexibility index (Phi) is 3.94. The van der Waals surface area contributed by atoms with Crippen molar-refractivity contribution < 1.29 is 17.9 Å². The van der Waals surface area contributed by atoms with Crippen LogP contribution in [-0.4, -0.2) is 21.6 Å². The van der Waals surface area contributed by atoms with Crippen LogP contribution in [0, 0.1) is 5.92 Å². The minimum Gasteiger partial charge on any atom is -0.486 e. The topological polar surface area (TPSA) is 64.6 Å². The number of hydrogen-bond acceptors (Lipinski definition) is 4. The largest absolute Gasteiger partial charge is 0.486 e. The van der Waals surface area contributed by atoms with Crippen molar-refractivity contribution in [2.45, 2.75) is 23.8 Å². The second-order valence-corrected chi connectivity index (χ2v) is 7.87. The minimum atomic E-state index is -3.63. The summed E-state index contributed by atoms with van der Waals surface area (Å²) in [6, 6.07) is 14.3. The summed E-state index contributed by atoms with van der Waals surface area (Å²) in [6.07, 6.45) is 2.09. The summed E-state index contributed by atoms with van der Waals surface area (Å²) in [4.78, 5) is 0.202. The number of ether oxygens (including phenoxy) is 2. The Hall–Kier alpha value is -2.05. The van der Waals surface area contributed by atoms with Gasteiger partial charge in [0.1, 0.15) is 13.2 Å². The number of fused-ring (bicyclic) bond motifs is 1. The summed E-state index contributed by atoms with van der Waals surface area (Å²) < 4.78 is 39.5. The van der Waals surface area contributed by atoms with Gasteiger partial charge in [-0.25, -0.2) is 13.1 Å². The standard InChI is InChI=1S/C18H19NO4S/c20-24(21,15-8-9-16-17(12-15)23-11-10-22-16)19-18(14-6-7-14)13-4-2-1-3-5-13/h1-5,8-9,12,14,18-19H,6-7,10-11H2/t18-/m1/s1. The zero-order valence-corrected chi connectivity index (χ0v) is 14.0. The lowest BCUT2D eigenvalue weighted by Gasteiger charge is -2.21. The van der Waals surface area contributed by atoms with Crippen molar-refractivity contribution in [2.75, 3.05) is 13.2 Å². The zero-order chi connectivity index (χ0) is 16.6. The molecule has 0 saturated heterocycles. The highest BCUT2D eigenvalue weighted by Gasteiger charge is 2.35. The molecule has 0 aromatic heterocycles. The van der Waals surface area contributed by atoms with E-state index >= 15 is 0 Å². The third-order valence-corrected chi connectivity index (χ3v) is 5.80. The van der Waals surface area contributed by atoms with Crippen LogP contribution < -0.4 is 14.2 Å².